The fraction of sp³-hybridized carbons (Fsp3) is 0.375. The molecule has 0 bridgehead atoms. The fourth-order valence-corrected chi connectivity index (χ4v) is 3.55. The first-order chi connectivity index (χ1) is 15.1. The highest BCUT2D eigenvalue weighted by Gasteiger charge is 2.21. The van der Waals surface area contributed by atoms with E-state index in [9.17, 15) is 9.59 Å². The maximum Gasteiger partial charge on any atom is 0.227 e. The van der Waals surface area contributed by atoms with Crippen LogP contribution in [-0.4, -0.2) is 49.9 Å². The fourth-order valence-electron chi connectivity index (χ4n) is 3.55. The van der Waals surface area contributed by atoms with E-state index >= 15 is 0 Å². The van der Waals surface area contributed by atoms with Crippen LogP contribution in [0.3, 0.4) is 0 Å². The van der Waals surface area contributed by atoms with Gasteiger partial charge in [0.2, 0.25) is 11.8 Å². The standard InChI is InChI=1S/C24H31N5O2/c1-25-24(26-15-14-22(30)28(2)18-20-7-4-3-5-8-20)27-17-19-10-12-21(13-11-19)29-16-6-9-23(29)31/h3-5,7-8,10-13H,6,9,14-18H2,1-2H3,(H2,25,26,27). The van der Waals surface area contributed by atoms with Crippen LogP contribution >= 0.6 is 0 Å². The Morgan fingerprint density at radius 1 is 1.06 bits per heavy atom. The van der Waals surface area contributed by atoms with Crippen molar-refractivity contribution in [1.82, 2.24) is 15.5 Å². The van der Waals surface area contributed by atoms with Crippen molar-refractivity contribution >= 4 is 23.5 Å². The normalized spacial score (nSPS) is 13.9. The molecule has 0 aromatic heterocycles. The number of carbonyl (C=O) groups excluding carboxylic acids is 2. The summed E-state index contributed by atoms with van der Waals surface area (Å²) in [5, 5.41) is 6.45. The van der Waals surface area contributed by atoms with Gasteiger partial charge in [0, 0.05) is 58.8 Å². The van der Waals surface area contributed by atoms with E-state index in [2.05, 4.69) is 15.6 Å². The molecule has 0 radical (unpaired) electrons. The van der Waals surface area contributed by atoms with Gasteiger partial charge in [0.1, 0.15) is 0 Å². The molecule has 3 rings (SSSR count). The van der Waals surface area contributed by atoms with E-state index in [4.69, 9.17) is 0 Å². The smallest absolute Gasteiger partial charge is 0.227 e. The third-order valence-electron chi connectivity index (χ3n) is 5.32. The Hall–Kier alpha value is -3.35. The van der Waals surface area contributed by atoms with Crippen LogP contribution in [0.1, 0.15) is 30.4 Å². The summed E-state index contributed by atoms with van der Waals surface area (Å²) in [6, 6.07) is 18.0. The lowest BCUT2D eigenvalue weighted by molar-refractivity contribution is -0.130. The van der Waals surface area contributed by atoms with Crippen molar-refractivity contribution in [1.29, 1.82) is 0 Å². The molecule has 0 aliphatic carbocycles. The first-order valence-corrected chi connectivity index (χ1v) is 10.7. The van der Waals surface area contributed by atoms with Crippen molar-refractivity contribution in [2.75, 3.05) is 32.1 Å². The highest BCUT2D eigenvalue weighted by Crippen LogP contribution is 2.21. The average Bonchev–Trinajstić information content (AvgIpc) is 3.22. The minimum Gasteiger partial charge on any atom is -0.356 e. The third kappa shape index (κ3) is 6.57. The van der Waals surface area contributed by atoms with Gasteiger partial charge in [0.05, 0.1) is 0 Å². The number of nitrogens with zero attached hydrogens (tertiary/aromatic N) is 3. The maximum absolute atomic E-state index is 12.4. The molecule has 7 heteroatoms. The van der Waals surface area contributed by atoms with E-state index in [0.29, 0.717) is 38.4 Å². The molecular weight excluding hydrogens is 390 g/mol. The van der Waals surface area contributed by atoms with E-state index in [1.54, 1.807) is 11.9 Å². The molecule has 2 aromatic carbocycles. The summed E-state index contributed by atoms with van der Waals surface area (Å²) in [5.41, 5.74) is 3.16. The highest BCUT2D eigenvalue weighted by molar-refractivity contribution is 5.95. The molecular formula is C24H31N5O2. The summed E-state index contributed by atoms with van der Waals surface area (Å²) in [6.07, 6.45) is 1.95. The summed E-state index contributed by atoms with van der Waals surface area (Å²) in [5.74, 6) is 0.926. The van der Waals surface area contributed by atoms with Crippen LogP contribution in [-0.2, 0) is 22.7 Å². The lowest BCUT2D eigenvalue weighted by Crippen LogP contribution is -2.39. The van der Waals surface area contributed by atoms with Gasteiger partial charge in [-0.2, -0.15) is 0 Å². The SMILES string of the molecule is CN=C(NCCC(=O)N(C)Cc1ccccc1)NCc1ccc(N2CCCC2=O)cc1. The van der Waals surface area contributed by atoms with Crippen LogP contribution in [0.15, 0.2) is 59.6 Å². The molecule has 31 heavy (non-hydrogen) atoms. The number of nitrogens with one attached hydrogen (secondary N) is 2. The molecule has 2 aromatic rings. The van der Waals surface area contributed by atoms with Crippen LogP contribution in [0, 0.1) is 0 Å². The van der Waals surface area contributed by atoms with Crippen LogP contribution < -0.4 is 15.5 Å². The Kier molecular flexibility index (Phi) is 8.04. The molecule has 1 heterocycles. The van der Waals surface area contributed by atoms with Gasteiger partial charge in [-0.15, -0.1) is 0 Å². The molecule has 1 aliphatic heterocycles. The lowest BCUT2D eigenvalue weighted by atomic mass is 10.2. The van der Waals surface area contributed by atoms with E-state index in [0.717, 1.165) is 29.8 Å². The van der Waals surface area contributed by atoms with Crippen molar-refractivity contribution in [2.24, 2.45) is 4.99 Å². The van der Waals surface area contributed by atoms with E-state index < -0.39 is 0 Å². The molecule has 0 atom stereocenters. The number of rotatable bonds is 8. The first-order valence-electron chi connectivity index (χ1n) is 10.7. The third-order valence-corrected chi connectivity index (χ3v) is 5.32. The van der Waals surface area contributed by atoms with Crippen LogP contribution in [0.2, 0.25) is 0 Å². The zero-order valence-corrected chi connectivity index (χ0v) is 18.3. The Morgan fingerprint density at radius 3 is 2.45 bits per heavy atom. The van der Waals surface area contributed by atoms with Crippen LogP contribution in [0.5, 0.6) is 0 Å². The Morgan fingerprint density at radius 2 is 1.81 bits per heavy atom. The predicted octanol–water partition coefficient (Wildman–Crippen LogP) is 2.53. The number of carbonyl (C=O) groups is 2. The number of hydrogen-bond acceptors (Lipinski definition) is 3. The summed E-state index contributed by atoms with van der Waals surface area (Å²) < 4.78 is 0. The van der Waals surface area contributed by atoms with Crippen LogP contribution in [0.25, 0.3) is 0 Å². The molecule has 7 nitrogen and oxygen atoms in total. The molecule has 0 spiro atoms. The molecule has 1 aliphatic rings. The lowest BCUT2D eigenvalue weighted by Gasteiger charge is -2.18. The molecule has 1 saturated heterocycles. The van der Waals surface area contributed by atoms with Crippen molar-refractivity contribution in [3.8, 4) is 0 Å². The molecule has 2 N–H and O–H groups in total. The largest absolute Gasteiger partial charge is 0.356 e. The van der Waals surface area contributed by atoms with Gasteiger partial charge < -0.3 is 20.4 Å². The number of amides is 2. The summed E-state index contributed by atoms with van der Waals surface area (Å²) in [7, 11) is 3.53. The molecule has 164 valence electrons. The van der Waals surface area contributed by atoms with Gasteiger partial charge in [-0.25, -0.2) is 0 Å². The number of anilines is 1. The number of hydrogen-bond donors (Lipinski definition) is 2. The second kappa shape index (κ2) is 11.2. The van der Waals surface area contributed by atoms with Crippen molar-refractivity contribution in [3.05, 3.63) is 65.7 Å². The number of guanidine groups is 1. The monoisotopic (exact) mass is 421 g/mol. The molecule has 0 unspecified atom stereocenters. The Balaban J connectivity index is 1.39. The van der Waals surface area contributed by atoms with Gasteiger partial charge in [0.15, 0.2) is 5.96 Å². The van der Waals surface area contributed by atoms with Gasteiger partial charge in [0.25, 0.3) is 0 Å². The highest BCUT2D eigenvalue weighted by atomic mass is 16.2. The molecule has 1 fully saturated rings. The molecule has 0 saturated carbocycles. The van der Waals surface area contributed by atoms with E-state index in [-0.39, 0.29) is 11.8 Å². The number of aliphatic imine (C=N–C) groups is 1. The average molecular weight is 422 g/mol. The predicted molar refractivity (Wildman–Crippen MR) is 124 cm³/mol. The van der Waals surface area contributed by atoms with E-state index in [1.807, 2.05) is 66.5 Å². The second-order valence-corrected chi connectivity index (χ2v) is 7.65. The van der Waals surface area contributed by atoms with Crippen molar-refractivity contribution in [3.63, 3.8) is 0 Å². The van der Waals surface area contributed by atoms with Gasteiger partial charge in [-0.05, 0) is 29.7 Å². The van der Waals surface area contributed by atoms with Gasteiger partial charge >= 0.3 is 0 Å². The van der Waals surface area contributed by atoms with Crippen molar-refractivity contribution < 1.29 is 9.59 Å². The van der Waals surface area contributed by atoms with Gasteiger partial charge in [-0.1, -0.05) is 42.5 Å². The van der Waals surface area contributed by atoms with Crippen molar-refractivity contribution in [2.45, 2.75) is 32.4 Å². The summed E-state index contributed by atoms with van der Waals surface area (Å²) >= 11 is 0. The Labute approximate surface area is 184 Å². The second-order valence-electron chi connectivity index (χ2n) is 7.65. The minimum absolute atomic E-state index is 0.0823. The topological polar surface area (TPSA) is 77.0 Å². The minimum atomic E-state index is 0.0823. The first kappa shape index (κ1) is 22.3. The maximum atomic E-state index is 12.4. The van der Waals surface area contributed by atoms with E-state index in [1.165, 1.54) is 0 Å². The summed E-state index contributed by atoms with van der Waals surface area (Å²) in [6.45, 7) is 2.52. The Bertz CT molecular complexity index is 896. The van der Waals surface area contributed by atoms with Crippen LogP contribution in [0.4, 0.5) is 5.69 Å². The summed E-state index contributed by atoms with van der Waals surface area (Å²) in [4.78, 5) is 32.0. The zero-order chi connectivity index (χ0) is 22.1. The molecule has 2 amide bonds. The number of benzene rings is 2. The van der Waals surface area contributed by atoms with Gasteiger partial charge in [-0.3, -0.25) is 14.6 Å². The quantitative estimate of drug-likeness (QED) is 0.507. The zero-order valence-electron chi connectivity index (χ0n) is 18.3.